The zero-order valence-corrected chi connectivity index (χ0v) is 15.1. The molecule has 0 atom stereocenters. The van der Waals surface area contributed by atoms with Gasteiger partial charge in [-0.1, -0.05) is 29.8 Å². The lowest BCUT2D eigenvalue weighted by molar-refractivity contribution is 0.601. The molecule has 0 bridgehead atoms. The van der Waals surface area contributed by atoms with E-state index in [1.54, 1.807) is 48.8 Å². The van der Waals surface area contributed by atoms with Crippen LogP contribution < -0.4 is 9.62 Å². The molecule has 1 aromatic heterocycles. The lowest BCUT2D eigenvalue weighted by atomic mass is 10.1. The van der Waals surface area contributed by atoms with E-state index in [1.807, 2.05) is 24.0 Å². The van der Waals surface area contributed by atoms with Crippen LogP contribution in [0.15, 0.2) is 65.8 Å². The van der Waals surface area contributed by atoms with Gasteiger partial charge in [0, 0.05) is 18.9 Å². The van der Waals surface area contributed by atoms with Crippen LogP contribution in [0.25, 0.3) is 0 Å². The highest BCUT2D eigenvalue weighted by molar-refractivity contribution is 7.92. The average Bonchev–Trinajstić information content (AvgIpc) is 3.08. The molecular formula is C19H18N4O2S. The highest BCUT2D eigenvalue weighted by Crippen LogP contribution is 2.39. The van der Waals surface area contributed by atoms with Gasteiger partial charge in [-0.2, -0.15) is 0 Å². The van der Waals surface area contributed by atoms with Crippen molar-refractivity contribution in [3.05, 3.63) is 72.1 Å². The zero-order valence-electron chi connectivity index (χ0n) is 14.3. The average molecular weight is 366 g/mol. The molecule has 26 heavy (non-hydrogen) atoms. The van der Waals surface area contributed by atoms with Crippen molar-refractivity contribution < 1.29 is 8.42 Å². The van der Waals surface area contributed by atoms with E-state index in [-0.39, 0.29) is 4.90 Å². The van der Waals surface area contributed by atoms with E-state index in [0.29, 0.717) is 18.2 Å². The summed E-state index contributed by atoms with van der Waals surface area (Å²) in [5.74, 6) is 0.563. The molecule has 132 valence electrons. The number of para-hydroxylation sites is 1. The fraction of sp³-hybridized carbons (Fsp3) is 0.158. The first-order chi connectivity index (χ1) is 12.5. The number of rotatable bonds is 4. The summed E-state index contributed by atoms with van der Waals surface area (Å²) in [5, 5.41) is 0. The Morgan fingerprint density at radius 3 is 2.46 bits per heavy atom. The smallest absolute Gasteiger partial charge is 0.261 e. The zero-order chi connectivity index (χ0) is 18.1. The summed E-state index contributed by atoms with van der Waals surface area (Å²) in [6.07, 6.45) is 4.17. The number of nitrogens with zero attached hydrogens (tertiary/aromatic N) is 3. The van der Waals surface area contributed by atoms with Crippen molar-refractivity contribution in [2.24, 2.45) is 0 Å². The molecule has 0 amide bonds. The lowest BCUT2D eigenvalue weighted by Crippen LogP contribution is -2.19. The molecule has 0 fully saturated rings. The summed E-state index contributed by atoms with van der Waals surface area (Å²) in [7, 11) is -3.67. The topological polar surface area (TPSA) is 75.2 Å². The molecule has 7 heteroatoms. The Morgan fingerprint density at radius 1 is 1.00 bits per heavy atom. The molecule has 0 saturated heterocycles. The molecular weight excluding hydrogens is 348 g/mol. The van der Waals surface area contributed by atoms with Crippen molar-refractivity contribution in [3.63, 3.8) is 0 Å². The van der Waals surface area contributed by atoms with Crippen LogP contribution in [0.5, 0.6) is 0 Å². The maximum atomic E-state index is 12.8. The number of fused-ring (bicyclic) bond motifs is 1. The molecule has 0 saturated carbocycles. The Kier molecular flexibility index (Phi) is 4.08. The van der Waals surface area contributed by atoms with E-state index in [9.17, 15) is 8.42 Å². The van der Waals surface area contributed by atoms with Crippen LogP contribution in [-0.2, 0) is 16.4 Å². The first-order valence-electron chi connectivity index (χ1n) is 8.30. The molecule has 4 rings (SSSR count). The molecule has 2 heterocycles. The van der Waals surface area contributed by atoms with Crippen LogP contribution in [0.3, 0.4) is 0 Å². The summed E-state index contributed by atoms with van der Waals surface area (Å²) in [6.45, 7) is 2.63. The third-order valence-corrected chi connectivity index (χ3v) is 5.74. The van der Waals surface area contributed by atoms with Gasteiger partial charge in [-0.25, -0.2) is 18.4 Å². The monoisotopic (exact) mass is 366 g/mol. The van der Waals surface area contributed by atoms with Crippen LogP contribution in [0, 0.1) is 6.92 Å². The van der Waals surface area contributed by atoms with Crippen LogP contribution in [0.2, 0.25) is 0 Å². The van der Waals surface area contributed by atoms with E-state index in [0.717, 1.165) is 23.2 Å². The Bertz CT molecular complexity index is 1030. The Morgan fingerprint density at radius 2 is 1.73 bits per heavy atom. The Labute approximate surface area is 152 Å². The van der Waals surface area contributed by atoms with Gasteiger partial charge in [-0.3, -0.25) is 4.72 Å². The van der Waals surface area contributed by atoms with Crippen LogP contribution >= 0.6 is 0 Å². The van der Waals surface area contributed by atoms with E-state index in [1.165, 1.54) is 0 Å². The minimum Gasteiger partial charge on any atom is -0.308 e. The molecule has 0 spiro atoms. The number of hydrogen-bond acceptors (Lipinski definition) is 5. The van der Waals surface area contributed by atoms with Crippen LogP contribution in [0.4, 0.5) is 17.3 Å². The van der Waals surface area contributed by atoms with Crippen molar-refractivity contribution in [1.29, 1.82) is 0 Å². The highest BCUT2D eigenvalue weighted by Gasteiger charge is 2.27. The second kappa shape index (κ2) is 6.42. The third kappa shape index (κ3) is 3.01. The minimum atomic E-state index is -3.67. The fourth-order valence-electron chi connectivity index (χ4n) is 3.09. The summed E-state index contributed by atoms with van der Waals surface area (Å²) < 4.78 is 28.3. The van der Waals surface area contributed by atoms with E-state index in [2.05, 4.69) is 14.7 Å². The first kappa shape index (κ1) is 16.5. The van der Waals surface area contributed by atoms with Gasteiger partial charge in [-0.05, 0) is 43.2 Å². The standard InChI is InChI=1S/C19H18N4O2S/c1-14-6-8-16(9-7-14)26(24,25)22-17-5-2-4-15-10-13-23(18(15)17)19-20-11-3-12-21-19/h2-9,11-12,22H,10,13H2,1H3. The Balaban J connectivity index is 1.73. The molecule has 6 nitrogen and oxygen atoms in total. The number of aromatic nitrogens is 2. The molecule has 2 aromatic carbocycles. The summed E-state index contributed by atoms with van der Waals surface area (Å²) in [4.78, 5) is 10.8. The molecule has 0 unspecified atom stereocenters. The number of benzene rings is 2. The SMILES string of the molecule is Cc1ccc(S(=O)(=O)Nc2cccc3c2N(c2ncccn2)CC3)cc1. The van der Waals surface area contributed by atoms with E-state index in [4.69, 9.17) is 0 Å². The summed E-state index contributed by atoms with van der Waals surface area (Å²) in [6, 6.07) is 14.2. The molecule has 1 aliphatic rings. The highest BCUT2D eigenvalue weighted by atomic mass is 32.2. The maximum Gasteiger partial charge on any atom is 0.261 e. The largest absolute Gasteiger partial charge is 0.308 e. The van der Waals surface area contributed by atoms with Gasteiger partial charge in [0.1, 0.15) is 0 Å². The number of nitrogens with one attached hydrogen (secondary N) is 1. The number of anilines is 3. The van der Waals surface area contributed by atoms with E-state index >= 15 is 0 Å². The van der Waals surface area contributed by atoms with Crippen LogP contribution in [-0.4, -0.2) is 24.9 Å². The van der Waals surface area contributed by atoms with Crippen molar-refractivity contribution >= 4 is 27.3 Å². The van der Waals surface area contributed by atoms with Gasteiger partial charge in [0.25, 0.3) is 10.0 Å². The minimum absolute atomic E-state index is 0.237. The summed E-state index contributed by atoms with van der Waals surface area (Å²) in [5.41, 5.74) is 3.43. The molecule has 0 radical (unpaired) electrons. The van der Waals surface area contributed by atoms with Crippen molar-refractivity contribution in [2.75, 3.05) is 16.2 Å². The van der Waals surface area contributed by atoms with E-state index < -0.39 is 10.0 Å². The molecule has 3 aromatic rings. The van der Waals surface area contributed by atoms with Gasteiger partial charge in [0.05, 0.1) is 16.3 Å². The van der Waals surface area contributed by atoms with Crippen molar-refractivity contribution in [3.8, 4) is 0 Å². The fourth-order valence-corrected chi connectivity index (χ4v) is 4.16. The Hall–Kier alpha value is -2.93. The second-order valence-electron chi connectivity index (χ2n) is 6.18. The van der Waals surface area contributed by atoms with Gasteiger partial charge in [0.15, 0.2) is 0 Å². The quantitative estimate of drug-likeness (QED) is 0.767. The van der Waals surface area contributed by atoms with Crippen LogP contribution in [0.1, 0.15) is 11.1 Å². The predicted molar refractivity (Wildman–Crippen MR) is 101 cm³/mol. The van der Waals surface area contributed by atoms with Gasteiger partial charge in [0.2, 0.25) is 5.95 Å². The van der Waals surface area contributed by atoms with Crippen molar-refractivity contribution in [2.45, 2.75) is 18.2 Å². The lowest BCUT2D eigenvalue weighted by Gasteiger charge is -2.20. The van der Waals surface area contributed by atoms with Gasteiger partial charge in [-0.15, -0.1) is 0 Å². The van der Waals surface area contributed by atoms with Crippen molar-refractivity contribution in [1.82, 2.24) is 9.97 Å². The first-order valence-corrected chi connectivity index (χ1v) is 9.79. The number of aryl methyl sites for hydroxylation is 1. The molecule has 0 aliphatic carbocycles. The summed E-state index contributed by atoms with van der Waals surface area (Å²) >= 11 is 0. The number of hydrogen-bond donors (Lipinski definition) is 1. The van der Waals surface area contributed by atoms with Gasteiger partial charge >= 0.3 is 0 Å². The maximum absolute atomic E-state index is 12.8. The van der Waals surface area contributed by atoms with Gasteiger partial charge < -0.3 is 4.90 Å². The normalized spacial score (nSPS) is 13.5. The third-order valence-electron chi connectivity index (χ3n) is 4.36. The number of sulfonamides is 1. The molecule has 1 aliphatic heterocycles. The predicted octanol–water partition coefficient (Wildman–Crippen LogP) is 3.28. The second-order valence-corrected chi connectivity index (χ2v) is 7.86. The molecule has 1 N–H and O–H groups in total.